The molecule has 0 saturated heterocycles. The Hall–Kier alpha value is 0.251. The van der Waals surface area contributed by atoms with Crippen LogP contribution in [0.2, 0.25) is 0 Å². The van der Waals surface area contributed by atoms with Crippen molar-refractivity contribution in [2.24, 2.45) is 5.73 Å². The summed E-state index contributed by atoms with van der Waals surface area (Å²) in [7, 11) is 0. The molecule has 2 aromatic carbocycles. The van der Waals surface area contributed by atoms with Crippen molar-refractivity contribution in [3.8, 4) is 0 Å². The summed E-state index contributed by atoms with van der Waals surface area (Å²) in [5, 5.41) is 0. The van der Waals surface area contributed by atoms with Gasteiger partial charge in [0.05, 0.1) is 0 Å². The Balaban J connectivity index is 0.000000399. The summed E-state index contributed by atoms with van der Waals surface area (Å²) in [6.07, 6.45) is 0. The van der Waals surface area contributed by atoms with Gasteiger partial charge in [-0.1, -0.05) is 12.2 Å². The quantitative estimate of drug-likeness (QED) is 0.458. The van der Waals surface area contributed by atoms with Gasteiger partial charge >= 0.3 is 118 Å². The van der Waals surface area contributed by atoms with Gasteiger partial charge in [-0.05, 0) is 0 Å². The van der Waals surface area contributed by atoms with Crippen molar-refractivity contribution in [3.63, 3.8) is 0 Å². The fourth-order valence-electron chi connectivity index (χ4n) is 1.79. The van der Waals surface area contributed by atoms with Crippen molar-refractivity contribution in [2.75, 3.05) is 0 Å². The Kier molecular flexibility index (Phi) is 9.99. The molecule has 0 aromatic heterocycles. The Morgan fingerprint density at radius 2 is 1.21 bits per heavy atom. The van der Waals surface area contributed by atoms with Crippen LogP contribution in [-0.4, -0.2) is 48.5 Å². The molecular formula is C15H17BaNS2. The van der Waals surface area contributed by atoms with Crippen LogP contribution in [0.25, 0.3) is 0 Å². The Morgan fingerprint density at radius 3 is 1.53 bits per heavy atom. The molecule has 0 unspecified atom stereocenters. The van der Waals surface area contributed by atoms with Crippen LogP contribution in [0.15, 0.2) is 60.7 Å². The molecule has 0 heterocycles. The summed E-state index contributed by atoms with van der Waals surface area (Å²) in [5.74, 6) is 0. The van der Waals surface area contributed by atoms with Crippen molar-refractivity contribution in [3.05, 3.63) is 71.8 Å². The normalized spacial score (nSPS) is 8.89. The third-order valence-electron chi connectivity index (χ3n) is 2.62. The van der Waals surface area contributed by atoms with Crippen molar-refractivity contribution < 1.29 is 0 Å². The number of thiocarbonyl (C=S) groups is 1. The third kappa shape index (κ3) is 9.74. The van der Waals surface area contributed by atoms with Crippen LogP contribution >= 0.6 is 24.8 Å². The molecule has 0 radical (unpaired) electrons. The van der Waals surface area contributed by atoms with Gasteiger partial charge < -0.3 is 5.73 Å². The van der Waals surface area contributed by atoms with E-state index >= 15 is 0 Å². The van der Waals surface area contributed by atoms with Crippen LogP contribution in [0.4, 0.5) is 0 Å². The summed E-state index contributed by atoms with van der Waals surface area (Å²) in [4.78, 5) is 0. The molecule has 96 valence electrons. The Labute approximate surface area is 150 Å². The summed E-state index contributed by atoms with van der Waals surface area (Å²) in [5.41, 5.74) is 7.78. The molecule has 0 saturated carbocycles. The van der Waals surface area contributed by atoms with Crippen LogP contribution in [0, 0.1) is 0 Å². The van der Waals surface area contributed by atoms with E-state index in [4.69, 9.17) is 5.73 Å². The van der Waals surface area contributed by atoms with Gasteiger partial charge in [0.1, 0.15) is 4.32 Å². The van der Waals surface area contributed by atoms with Gasteiger partial charge in [-0.25, -0.2) is 0 Å². The summed E-state index contributed by atoms with van der Waals surface area (Å²) < 4.78 is 2.99. The SMILES string of the molecule is NC(=S)S.c1ccc([CH2][Ba][CH2]c2ccccc2)cc1. The van der Waals surface area contributed by atoms with Crippen molar-refractivity contribution in [2.45, 2.75) is 1.78 Å². The van der Waals surface area contributed by atoms with Crippen molar-refractivity contribution >= 4 is 73.4 Å². The van der Waals surface area contributed by atoms with E-state index in [1.807, 2.05) is 0 Å². The van der Waals surface area contributed by atoms with Crippen LogP contribution < -0.4 is 5.73 Å². The second kappa shape index (κ2) is 11.0. The minimum atomic E-state index is -0.715. The van der Waals surface area contributed by atoms with Gasteiger partial charge in [-0.15, -0.1) is 12.6 Å². The second-order valence-corrected chi connectivity index (χ2v) is 10.7. The van der Waals surface area contributed by atoms with Gasteiger partial charge in [0.2, 0.25) is 0 Å². The molecule has 0 fully saturated rings. The molecule has 0 aliphatic heterocycles. The zero-order valence-corrected chi connectivity index (χ0v) is 17.0. The topological polar surface area (TPSA) is 26.0 Å². The second-order valence-electron chi connectivity index (χ2n) is 4.16. The predicted octanol–water partition coefficient (Wildman–Crippen LogP) is 3.25. The van der Waals surface area contributed by atoms with E-state index in [-0.39, 0.29) is 4.32 Å². The van der Waals surface area contributed by atoms with Gasteiger partial charge in [0.25, 0.3) is 0 Å². The van der Waals surface area contributed by atoms with E-state index in [1.54, 1.807) is 0 Å². The standard InChI is InChI=1S/2C7H7.CH3NS2.Ba/c2*1-7-5-3-2-4-6-7;2-1(3)4;/h2*2-6H,1H2;(H3,2,3,4);. The van der Waals surface area contributed by atoms with Crippen LogP contribution in [-0.2, 0) is 1.78 Å². The first-order valence-electron chi connectivity index (χ1n) is 6.24. The Morgan fingerprint density at radius 1 is 0.895 bits per heavy atom. The maximum atomic E-state index is 4.71. The van der Waals surface area contributed by atoms with Gasteiger partial charge in [-0.3, -0.25) is 0 Å². The molecule has 2 rings (SSSR count). The summed E-state index contributed by atoms with van der Waals surface area (Å²) in [6.45, 7) is 0. The number of nitrogens with two attached hydrogens (primary N) is 1. The van der Waals surface area contributed by atoms with E-state index in [2.05, 4.69) is 85.5 Å². The molecular weight excluding hydrogens is 396 g/mol. The van der Waals surface area contributed by atoms with E-state index in [0.29, 0.717) is 0 Å². The van der Waals surface area contributed by atoms with E-state index < -0.39 is 44.2 Å². The molecule has 4 heteroatoms. The zero-order chi connectivity index (χ0) is 13.9. The predicted molar refractivity (Wildman–Crippen MR) is 91.8 cm³/mol. The van der Waals surface area contributed by atoms with Gasteiger partial charge in [0, 0.05) is 0 Å². The van der Waals surface area contributed by atoms with E-state index in [0.717, 1.165) is 0 Å². The zero-order valence-electron chi connectivity index (χ0n) is 10.8. The summed E-state index contributed by atoms with van der Waals surface area (Å²) >= 11 is 6.94. The molecule has 0 spiro atoms. The van der Waals surface area contributed by atoms with Gasteiger partial charge in [0.15, 0.2) is 0 Å². The average Bonchev–Trinajstić information content (AvgIpc) is 2.41. The molecule has 1 nitrogen and oxygen atoms in total. The number of benzene rings is 2. The Bertz CT molecular complexity index is 431. The van der Waals surface area contributed by atoms with Crippen molar-refractivity contribution in [1.82, 2.24) is 0 Å². The van der Waals surface area contributed by atoms with Crippen molar-refractivity contribution in [1.29, 1.82) is 0 Å². The first-order valence-corrected chi connectivity index (χ1v) is 13.4. The van der Waals surface area contributed by atoms with Gasteiger partial charge in [-0.2, -0.15) is 0 Å². The molecule has 0 atom stereocenters. The first kappa shape index (κ1) is 17.3. The number of hydrogen-bond acceptors (Lipinski definition) is 1. The number of thiol groups is 1. The molecule has 0 amide bonds. The molecule has 0 aliphatic carbocycles. The van der Waals surface area contributed by atoms with E-state index in [9.17, 15) is 0 Å². The fraction of sp³-hybridized carbons (Fsp3) is 0.133. The fourth-order valence-corrected chi connectivity index (χ4v) is 7.00. The van der Waals surface area contributed by atoms with Crippen LogP contribution in [0.3, 0.4) is 0 Å². The molecule has 0 bridgehead atoms. The maximum absolute atomic E-state index is 4.71. The third-order valence-corrected chi connectivity index (χ3v) is 8.46. The number of hydrogen-bond donors (Lipinski definition) is 2. The molecule has 0 aliphatic rings. The summed E-state index contributed by atoms with van der Waals surface area (Å²) in [6, 6.07) is 21.8. The molecule has 2 N–H and O–H groups in total. The molecule has 19 heavy (non-hydrogen) atoms. The monoisotopic (exact) mass is 413 g/mol. The minimum absolute atomic E-state index is 0.194. The number of rotatable bonds is 4. The first-order chi connectivity index (χ1) is 9.18. The van der Waals surface area contributed by atoms with Crippen LogP contribution in [0.5, 0.6) is 0 Å². The van der Waals surface area contributed by atoms with E-state index in [1.165, 1.54) is 12.9 Å². The molecule has 2 aromatic rings. The average molecular weight is 413 g/mol. The van der Waals surface area contributed by atoms with Crippen LogP contribution in [0.1, 0.15) is 11.1 Å².